The van der Waals surface area contributed by atoms with Gasteiger partial charge in [-0.3, -0.25) is 4.79 Å². The summed E-state index contributed by atoms with van der Waals surface area (Å²) < 4.78 is 0. The van der Waals surface area contributed by atoms with Gasteiger partial charge in [0.2, 0.25) is 5.91 Å². The van der Waals surface area contributed by atoms with Gasteiger partial charge >= 0.3 is 0 Å². The van der Waals surface area contributed by atoms with Gasteiger partial charge in [0, 0.05) is 19.5 Å². The largest absolute Gasteiger partial charge is 0.343 e. The number of carbonyl (C=O) groups excluding carboxylic acids is 1. The molecule has 1 aliphatic rings. The topological polar surface area (TPSA) is 20.3 Å². The Labute approximate surface area is 151 Å². The van der Waals surface area contributed by atoms with Crippen molar-refractivity contribution in [2.75, 3.05) is 13.1 Å². The zero-order valence-corrected chi connectivity index (χ0v) is 16.5. The van der Waals surface area contributed by atoms with E-state index in [-0.39, 0.29) is 0 Å². The highest BCUT2D eigenvalue weighted by Gasteiger charge is 2.16. The fourth-order valence-corrected chi connectivity index (χ4v) is 3.77. The van der Waals surface area contributed by atoms with Gasteiger partial charge in [-0.1, -0.05) is 96.8 Å². The predicted molar refractivity (Wildman–Crippen MR) is 105 cm³/mol. The minimum atomic E-state index is 0.395. The van der Waals surface area contributed by atoms with Crippen LogP contribution in [0.25, 0.3) is 0 Å². The molecule has 1 saturated heterocycles. The molecule has 0 aliphatic carbocycles. The van der Waals surface area contributed by atoms with Crippen LogP contribution in [-0.2, 0) is 4.79 Å². The van der Waals surface area contributed by atoms with Crippen molar-refractivity contribution in [3.05, 3.63) is 0 Å². The Kier molecular flexibility index (Phi) is 14.3. The van der Waals surface area contributed by atoms with Crippen molar-refractivity contribution in [1.82, 2.24) is 4.90 Å². The van der Waals surface area contributed by atoms with E-state index >= 15 is 0 Å². The summed E-state index contributed by atoms with van der Waals surface area (Å²) in [4.78, 5) is 13.8. The van der Waals surface area contributed by atoms with E-state index in [4.69, 9.17) is 0 Å². The molecule has 0 aromatic carbocycles. The van der Waals surface area contributed by atoms with Crippen LogP contribution in [0.1, 0.15) is 122 Å². The van der Waals surface area contributed by atoms with Crippen LogP contribution >= 0.6 is 0 Å². The molecule has 0 N–H and O–H groups in total. The second-order valence-corrected chi connectivity index (χ2v) is 7.79. The number of piperidine rings is 1. The number of amides is 1. The van der Waals surface area contributed by atoms with Crippen LogP contribution in [0.3, 0.4) is 0 Å². The number of hydrogen-bond donors (Lipinski definition) is 0. The average Bonchev–Trinajstić information content (AvgIpc) is 2.60. The molecule has 1 fully saturated rings. The molecule has 0 spiro atoms. The third-order valence-electron chi connectivity index (χ3n) is 5.45. The minimum Gasteiger partial charge on any atom is -0.343 e. The molecule has 1 aliphatic heterocycles. The molecule has 0 radical (unpaired) electrons. The number of carbonyl (C=O) groups is 1. The molecule has 2 heteroatoms. The Balaban J connectivity index is 1.72. The SMILES string of the molecule is CCCCCCCCCCCCCCCCCN1CCCCC1=O. The quantitative estimate of drug-likeness (QED) is 0.281. The van der Waals surface area contributed by atoms with Crippen molar-refractivity contribution in [2.24, 2.45) is 0 Å². The van der Waals surface area contributed by atoms with Gasteiger partial charge in [-0.2, -0.15) is 0 Å². The first-order valence-electron chi connectivity index (χ1n) is 11.1. The Morgan fingerprint density at radius 1 is 0.667 bits per heavy atom. The number of nitrogens with zero attached hydrogens (tertiary/aromatic N) is 1. The highest BCUT2D eigenvalue weighted by Crippen LogP contribution is 2.15. The Hall–Kier alpha value is -0.530. The summed E-state index contributed by atoms with van der Waals surface area (Å²) in [6.07, 6.45) is 24.2. The second-order valence-electron chi connectivity index (χ2n) is 7.79. The molecule has 0 aromatic rings. The van der Waals surface area contributed by atoms with Crippen molar-refractivity contribution < 1.29 is 4.79 Å². The third-order valence-corrected chi connectivity index (χ3v) is 5.45. The fourth-order valence-electron chi connectivity index (χ4n) is 3.77. The van der Waals surface area contributed by atoms with Crippen LogP contribution in [0.15, 0.2) is 0 Å². The van der Waals surface area contributed by atoms with E-state index in [0.717, 1.165) is 25.9 Å². The van der Waals surface area contributed by atoms with Crippen molar-refractivity contribution >= 4 is 5.91 Å². The van der Waals surface area contributed by atoms with E-state index in [1.54, 1.807) is 0 Å². The van der Waals surface area contributed by atoms with Crippen LogP contribution in [0.5, 0.6) is 0 Å². The van der Waals surface area contributed by atoms with E-state index in [0.29, 0.717) is 5.91 Å². The average molecular weight is 338 g/mol. The summed E-state index contributed by atoms with van der Waals surface area (Å²) in [5.74, 6) is 0.395. The van der Waals surface area contributed by atoms with E-state index in [9.17, 15) is 4.79 Å². The van der Waals surface area contributed by atoms with Gasteiger partial charge in [-0.05, 0) is 19.3 Å². The molecule has 0 atom stereocenters. The Bertz CT molecular complexity index is 290. The van der Waals surface area contributed by atoms with E-state index < -0.39 is 0 Å². The molecule has 0 unspecified atom stereocenters. The van der Waals surface area contributed by atoms with Gasteiger partial charge in [-0.15, -0.1) is 0 Å². The molecular formula is C22H43NO. The second kappa shape index (κ2) is 16.0. The molecule has 1 amide bonds. The van der Waals surface area contributed by atoms with E-state index in [2.05, 4.69) is 11.8 Å². The summed E-state index contributed by atoms with van der Waals surface area (Å²) in [7, 11) is 0. The van der Waals surface area contributed by atoms with Crippen LogP contribution in [0.4, 0.5) is 0 Å². The Morgan fingerprint density at radius 3 is 1.58 bits per heavy atom. The summed E-state index contributed by atoms with van der Waals surface area (Å²) in [5.41, 5.74) is 0. The molecule has 24 heavy (non-hydrogen) atoms. The number of hydrogen-bond acceptors (Lipinski definition) is 1. The van der Waals surface area contributed by atoms with Crippen molar-refractivity contribution in [3.63, 3.8) is 0 Å². The molecule has 1 heterocycles. The zero-order valence-electron chi connectivity index (χ0n) is 16.5. The van der Waals surface area contributed by atoms with Gasteiger partial charge < -0.3 is 4.90 Å². The smallest absolute Gasteiger partial charge is 0.222 e. The first-order valence-corrected chi connectivity index (χ1v) is 11.1. The van der Waals surface area contributed by atoms with E-state index in [1.165, 1.54) is 103 Å². The van der Waals surface area contributed by atoms with Gasteiger partial charge in [0.05, 0.1) is 0 Å². The van der Waals surface area contributed by atoms with Crippen LogP contribution in [-0.4, -0.2) is 23.9 Å². The lowest BCUT2D eigenvalue weighted by Gasteiger charge is -2.26. The maximum Gasteiger partial charge on any atom is 0.222 e. The number of likely N-dealkylation sites (tertiary alicyclic amines) is 1. The molecular weight excluding hydrogens is 294 g/mol. The molecule has 2 nitrogen and oxygen atoms in total. The summed E-state index contributed by atoms with van der Waals surface area (Å²) in [6, 6.07) is 0. The summed E-state index contributed by atoms with van der Waals surface area (Å²) in [5, 5.41) is 0. The van der Waals surface area contributed by atoms with Gasteiger partial charge in [-0.25, -0.2) is 0 Å². The maximum absolute atomic E-state index is 11.7. The summed E-state index contributed by atoms with van der Waals surface area (Å²) >= 11 is 0. The maximum atomic E-state index is 11.7. The highest BCUT2D eigenvalue weighted by atomic mass is 16.2. The number of rotatable bonds is 16. The lowest BCUT2D eigenvalue weighted by atomic mass is 10.0. The highest BCUT2D eigenvalue weighted by molar-refractivity contribution is 5.76. The van der Waals surface area contributed by atoms with Crippen molar-refractivity contribution in [3.8, 4) is 0 Å². The van der Waals surface area contributed by atoms with Gasteiger partial charge in [0.1, 0.15) is 0 Å². The van der Waals surface area contributed by atoms with Crippen molar-refractivity contribution in [1.29, 1.82) is 0 Å². The predicted octanol–water partition coefficient (Wildman–Crippen LogP) is 6.87. The van der Waals surface area contributed by atoms with Gasteiger partial charge in [0.15, 0.2) is 0 Å². The van der Waals surface area contributed by atoms with Crippen LogP contribution in [0.2, 0.25) is 0 Å². The van der Waals surface area contributed by atoms with E-state index in [1.807, 2.05) is 0 Å². The normalized spacial score (nSPS) is 15.2. The lowest BCUT2D eigenvalue weighted by Crippen LogP contribution is -2.35. The third kappa shape index (κ3) is 11.9. The van der Waals surface area contributed by atoms with Crippen LogP contribution < -0.4 is 0 Å². The lowest BCUT2D eigenvalue weighted by molar-refractivity contribution is -0.133. The standard InChI is InChI=1S/C22H43NO/c1-2-3-4-5-6-7-8-9-10-11-12-13-14-15-17-20-23-21-18-16-19-22(23)24/h2-21H2,1H3. The number of unbranched alkanes of at least 4 members (excludes halogenated alkanes) is 14. The molecule has 142 valence electrons. The monoisotopic (exact) mass is 337 g/mol. The molecule has 0 bridgehead atoms. The minimum absolute atomic E-state index is 0.395. The Morgan fingerprint density at radius 2 is 1.12 bits per heavy atom. The van der Waals surface area contributed by atoms with Gasteiger partial charge in [0.25, 0.3) is 0 Å². The van der Waals surface area contributed by atoms with Crippen LogP contribution in [0, 0.1) is 0 Å². The molecule has 1 rings (SSSR count). The first kappa shape index (κ1) is 21.5. The zero-order chi connectivity index (χ0) is 17.3. The molecule has 0 aromatic heterocycles. The summed E-state index contributed by atoms with van der Waals surface area (Å²) in [6.45, 7) is 4.31. The molecule has 0 saturated carbocycles. The first-order chi connectivity index (χ1) is 11.8. The fraction of sp³-hybridized carbons (Fsp3) is 0.955. The van der Waals surface area contributed by atoms with Crippen molar-refractivity contribution in [2.45, 2.75) is 122 Å².